The molecule has 0 radical (unpaired) electrons. The molecule has 7 nitrogen and oxygen atoms in total. The van der Waals surface area contributed by atoms with Gasteiger partial charge in [0.2, 0.25) is 18.2 Å². The van der Waals surface area contributed by atoms with Crippen molar-refractivity contribution < 1.29 is 14.4 Å². The van der Waals surface area contributed by atoms with Gasteiger partial charge in [-0.1, -0.05) is 74.5 Å². The second-order valence-corrected chi connectivity index (χ2v) is 10.4. The number of hydrogen-bond acceptors (Lipinski definition) is 4. The van der Waals surface area contributed by atoms with Gasteiger partial charge in [-0.05, 0) is 56.1 Å². The number of nitrogens with one attached hydrogen (secondary N) is 1. The Kier molecular flexibility index (Phi) is 14.2. The molecule has 2 atom stereocenters. The molecule has 3 amide bonds. The highest BCUT2D eigenvalue weighted by Gasteiger charge is 2.27. The van der Waals surface area contributed by atoms with Crippen molar-refractivity contribution in [3.05, 3.63) is 71.8 Å². The fourth-order valence-corrected chi connectivity index (χ4v) is 4.40. The van der Waals surface area contributed by atoms with Gasteiger partial charge in [0, 0.05) is 38.1 Å². The van der Waals surface area contributed by atoms with E-state index < -0.39 is 0 Å². The van der Waals surface area contributed by atoms with Crippen molar-refractivity contribution in [2.45, 2.75) is 71.4 Å². The lowest BCUT2D eigenvalue weighted by Crippen LogP contribution is -2.43. The Balaban J connectivity index is 0.000000432. The average molecular weight is 523 g/mol. The number of carbonyl (C=O) groups excluding carboxylic acids is 3. The lowest BCUT2D eigenvalue weighted by molar-refractivity contribution is -0.133. The van der Waals surface area contributed by atoms with Crippen LogP contribution in [0.15, 0.2) is 60.7 Å². The van der Waals surface area contributed by atoms with Crippen LogP contribution in [-0.2, 0) is 27.2 Å². The number of benzene rings is 2. The third kappa shape index (κ3) is 11.5. The minimum Gasteiger partial charge on any atom is -0.352 e. The van der Waals surface area contributed by atoms with Crippen molar-refractivity contribution in [1.82, 2.24) is 15.1 Å². The predicted molar refractivity (Wildman–Crippen MR) is 153 cm³/mol. The van der Waals surface area contributed by atoms with Crippen molar-refractivity contribution in [3.63, 3.8) is 0 Å². The summed E-state index contributed by atoms with van der Waals surface area (Å²) in [5.74, 6) is 0.585. The van der Waals surface area contributed by atoms with E-state index in [0.29, 0.717) is 25.4 Å². The predicted octanol–water partition coefficient (Wildman–Crippen LogP) is 3.81. The summed E-state index contributed by atoms with van der Waals surface area (Å²) >= 11 is 0. The summed E-state index contributed by atoms with van der Waals surface area (Å²) in [4.78, 5) is 38.8. The molecule has 1 aliphatic heterocycles. The fraction of sp³-hybridized carbons (Fsp3) is 0.516. The van der Waals surface area contributed by atoms with Gasteiger partial charge in [0.15, 0.2) is 0 Å². The molecule has 3 N–H and O–H groups in total. The number of likely N-dealkylation sites (tertiary alicyclic amines) is 1. The van der Waals surface area contributed by atoms with E-state index in [2.05, 4.69) is 43.4 Å². The Bertz CT molecular complexity index is 952. The molecule has 3 rings (SSSR count). The summed E-state index contributed by atoms with van der Waals surface area (Å²) < 4.78 is 0. The van der Waals surface area contributed by atoms with Gasteiger partial charge < -0.3 is 20.9 Å². The average Bonchev–Trinajstić information content (AvgIpc) is 3.39. The molecule has 0 bridgehead atoms. The second-order valence-electron chi connectivity index (χ2n) is 10.4. The molecule has 208 valence electrons. The number of nitrogens with two attached hydrogens (primary N) is 1. The molecule has 1 aliphatic rings. The Morgan fingerprint density at radius 3 is 2.18 bits per heavy atom. The summed E-state index contributed by atoms with van der Waals surface area (Å²) in [5, 5.41) is 2.77. The Morgan fingerprint density at radius 1 is 1.03 bits per heavy atom. The normalized spacial score (nSPS) is 15.4. The first-order valence-corrected chi connectivity index (χ1v) is 13.9. The van der Waals surface area contributed by atoms with E-state index in [0.717, 1.165) is 45.1 Å². The summed E-state index contributed by atoms with van der Waals surface area (Å²) in [7, 11) is 0. The van der Waals surface area contributed by atoms with E-state index in [1.165, 1.54) is 11.1 Å². The van der Waals surface area contributed by atoms with Gasteiger partial charge in [0.05, 0.1) is 6.54 Å². The van der Waals surface area contributed by atoms with Crippen molar-refractivity contribution in [3.8, 4) is 0 Å². The summed E-state index contributed by atoms with van der Waals surface area (Å²) in [6.07, 6.45) is 6.12. The molecule has 38 heavy (non-hydrogen) atoms. The maximum atomic E-state index is 13.0. The lowest BCUT2D eigenvalue weighted by Gasteiger charge is -2.29. The van der Waals surface area contributed by atoms with E-state index in [9.17, 15) is 14.4 Å². The monoisotopic (exact) mass is 522 g/mol. The Morgan fingerprint density at radius 2 is 1.63 bits per heavy atom. The number of nitrogens with zero attached hydrogens (tertiary/aromatic N) is 2. The van der Waals surface area contributed by atoms with Crippen molar-refractivity contribution in [2.24, 2.45) is 11.7 Å². The molecular weight excluding hydrogens is 476 g/mol. The maximum absolute atomic E-state index is 13.0. The molecule has 2 unspecified atom stereocenters. The third-order valence-electron chi connectivity index (χ3n) is 7.13. The fourth-order valence-electron chi connectivity index (χ4n) is 4.40. The molecule has 0 aromatic heterocycles. The zero-order valence-electron chi connectivity index (χ0n) is 23.4. The standard InChI is InChI=1S/C24H30N2O2.C7H16N2O/c27-20-26-17-8-14-23(26)19-25(18-16-22-11-5-2-6-12-22)24(28)15-7-13-21-9-3-1-4-10-21;1-5(2)6(3)9-7(10)4-8/h1-6,9-12,20,23H,7-8,13-19H2;5-6H,4,8H2,1-3H3,(H,9,10). The number of amides is 3. The van der Waals surface area contributed by atoms with Crippen molar-refractivity contribution in [2.75, 3.05) is 26.2 Å². The van der Waals surface area contributed by atoms with Crippen LogP contribution in [0, 0.1) is 5.92 Å². The van der Waals surface area contributed by atoms with Gasteiger partial charge in [0.1, 0.15) is 0 Å². The summed E-state index contributed by atoms with van der Waals surface area (Å²) in [6, 6.07) is 21.0. The number of rotatable bonds is 13. The van der Waals surface area contributed by atoms with Crippen LogP contribution in [-0.4, -0.2) is 66.3 Å². The molecule has 0 spiro atoms. The third-order valence-corrected chi connectivity index (χ3v) is 7.13. The van der Waals surface area contributed by atoms with Gasteiger partial charge in [-0.25, -0.2) is 0 Å². The molecule has 2 aromatic carbocycles. The Labute approximate surface area is 228 Å². The molecule has 2 aromatic rings. The summed E-state index contributed by atoms with van der Waals surface area (Å²) in [5.41, 5.74) is 7.62. The van der Waals surface area contributed by atoms with E-state index in [4.69, 9.17) is 5.73 Å². The minimum atomic E-state index is -0.0822. The van der Waals surface area contributed by atoms with E-state index in [1.54, 1.807) is 0 Å². The quantitative estimate of drug-likeness (QED) is 0.391. The number of hydrogen-bond donors (Lipinski definition) is 2. The van der Waals surface area contributed by atoms with E-state index in [-0.39, 0.29) is 30.4 Å². The first kappa shape index (κ1) is 31.0. The second kappa shape index (κ2) is 17.3. The first-order valence-electron chi connectivity index (χ1n) is 13.9. The smallest absolute Gasteiger partial charge is 0.233 e. The van der Waals surface area contributed by atoms with Crippen LogP contribution in [0.25, 0.3) is 0 Å². The number of carbonyl (C=O) groups is 3. The van der Waals surface area contributed by atoms with Gasteiger partial charge in [-0.15, -0.1) is 0 Å². The van der Waals surface area contributed by atoms with Gasteiger partial charge in [-0.2, -0.15) is 0 Å². The van der Waals surface area contributed by atoms with Gasteiger partial charge >= 0.3 is 0 Å². The molecular formula is C31H46N4O3. The molecule has 0 saturated carbocycles. The van der Waals surface area contributed by atoms with E-state index >= 15 is 0 Å². The minimum absolute atomic E-state index is 0.0804. The van der Waals surface area contributed by atoms with Crippen LogP contribution in [0.4, 0.5) is 0 Å². The van der Waals surface area contributed by atoms with Crippen LogP contribution in [0.2, 0.25) is 0 Å². The van der Waals surface area contributed by atoms with Crippen LogP contribution in [0.5, 0.6) is 0 Å². The highest BCUT2D eigenvalue weighted by Crippen LogP contribution is 2.18. The zero-order valence-corrected chi connectivity index (χ0v) is 23.4. The van der Waals surface area contributed by atoms with Gasteiger partial charge in [-0.3, -0.25) is 14.4 Å². The first-order chi connectivity index (χ1) is 18.3. The molecule has 0 aliphatic carbocycles. The summed E-state index contributed by atoms with van der Waals surface area (Å²) in [6.45, 7) is 8.33. The SMILES string of the molecule is CC(C)C(C)NC(=O)CN.O=CN1CCCC1CN(CCc1ccccc1)C(=O)CCCc1ccccc1. The molecule has 1 fully saturated rings. The number of aryl methyl sites for hydroxylation is 1. The largest absolute Gasteiger partial charge is 0.352 e. The molecule has 1 saturated heterocycles. The van der Waals surface area contributed by atoms with Gasteiger partial charge in [0.25, 0.3) is 0 Å². The Hall–Kier alpha value is -3.19. The van der Waals surface area contributed by atoms with Crippen LogP contribution in [0.3, 0.4) is 0 Å². The molecule has 7 heteroatoms. The zero-order chi connectivity index (χ0) is 27.8. The van der Waals surface area contributed by atoms with Crippen molar-refractivity contribution >= 4 is 18.2 Å². The molecule has 1 heterocycles. The highest BCUT2D eigenvalue weighted by atomic mass is 16.2. The van der Waals surface area contributed by atoms with Crippen LogP contribution >= 0.6 is 0 Å². The van der Waals surface area contributed by atoms with E-state index in [1.807, 2.05) is 53.1 Å². The highest BCUT2D eigenvalue weighted by molar-refractivity contribution is 5.78. The van der Waals surface area contributed by atoms with Crippen LogP contribution < -0.4 is 11.1 Å². The topological polar surface area (TPSA) is 95.7 Å². The maximum Gasteiger partial charge on any atom is 0.233 e. The van der Waals surface area contributed by atoms with Crippen molar-refractivity contribution in [1.29, 1.82) is 0 Å². The van der Waals surface area contributed by atoms with Crippen LogP contribution in [0.1, 0.15) is 57.6 Å². The lowest BCUT2D eigenvalue weighted by atomic mass is 10.1.